The first-order chi connectivity index (χ1) is 11.5. The highest BCUT2D eigenvalue weighted by atomic mass is 35.5. The van der Waals surface area contributed by atoms with E-state index >= 15 is 0 Å². The van der Waals surface area contributed by atoms with E-state index in [-0.39, 0.29) is 11.6 Å². The van der Waals surface area contributed by atoms with Crippen LogP contribution in [0.4, 0.5) is 5.69 Å². The topological polar surface area (TPSA) is 59.8 Å². The van der Waals surface area contributed by atoms with Crippen molar-refractivity contribution in [3.8, 4) is 0 Å². The highest BCUT2D eigenvalue weighted by Crippen LogP contribution is 2.18. The van der Waals surface area contributed by atoms with E-state index < -0.39 is 0 Å². The number of aromatic nitrogens is 3. The number of carbonyl (C=O) groups excluding carboxylic acids is 1. The molecular weight excluding hydrogens is 347 g/mol. The van der Waals surface area contributed by atoms with Crippen LogP contribution in [-0.2, 0) is 6.54 Å². The lowest BCUT2D eigenvalue weighted by Crippen LogP contribution is -2.14. The van der Waals surface area contributed by atoms with Gasteiger partial charge in [-0.05, 0) is 42.8 Å². The zero-order chi connectivity index (χ0) is 17.1. The first-order valence-corrected chi connectivity index (χ1v) is 8.00. The summed E-state index contributed by atoms with van der Waals surface area (Å²) in [7, 11) is 0. The second-order valence-corrected chi connectivity index (χ2v) is 6.08. The normalized spacial score (nSPS) is 10.6. The van der Waals surface area contributed by atoms with Crippen molar-refractivity contribution in [3.05, 3.63) is 75.5 Å². The van der Waals surface area contributed by atoms with Gasteiger partial charge in [-0.25, -0.2) is 4.68 Å². The van der Waals surface area contributed by atoms with Crippen molar-refractivity contribution in [2.24, 2.45) is 0 Å². The molecule has 0 unspecified atom stereocenters. The van der Waals surface area contributed by atoms with Gasteiger partial charge in [0.15, 0.2) is 5.69 Å². The molecule has 1 amide bonds. The van der Waals surface area contributed by atoms with Gasteiger partial charge in [-0.15, -0.1) is 5.10 Å². The molecule has 0 saturated heterocycles. The third-order valence-corrected chi connectivity index (χ3v) is 4.20. The van der Waals surface area contributed by atoms with Gasteiger partial charge in [0.2, 0.25) is 0 Å². The molecule has 122 valence electrons. The summed E-state index contributed by atoms with van der Waals surface area (Å²) in [6.45, 7) is 2.25. The number of hydrogen-bond acceptors (Lipinski definition) is 3. The van der Waals surface area contributed by atoms with Crippen LogP contribution < -0.4 is 5.32 Å². The smallest absolute Gasteiger partial charge is 0.278 e. The van der Waals surface area contributed by atoms with Crippen molar-refractivity contribution in [1.82, 2.24) is 15.0 Å². The molecule has 0 radical (unpaired) electrons. The number of carbonyl (C=O) groups is 1. The van der Waals surface area contributed by atoms with Gasteiger partial charge in [-0.3, -0.25) is 4.79 Å². The van der Waals surface area contributed by atoms with E-state index in [1.165, 1.54) is 0 Å². The Balaban J connectivity index is 1.78. The Morgan fingerprint density at radius 3 is 2.54 bits per heavy atom. The van der Waals surface area contributed by atoms with E-state index in [0.29, 0.717) is 28.0 Å². The molecule has 1 N–H and O–H groups in total. The van der Waals surface area contributed by atoms with E-state index in [9.17, 15) is 4.79 Å². The molecule has 24 heavy (non-hydrogen) atoms. The quantitative estimate of drug-likeness (QED) is 0.758. The molecule has 3 aromatic rings. The van der Waals surface area contributed by atoms with Crippen molar-refractivity contribution < 1.29 is 4.79 Å². The summed E-state index contributed by atoms with van der Waals surface area (Å²) in [5.74, 6) is -0.319. The van der Waals surface area contributed by atoms with Crippen molar-refractivity contribution in [2.45, 2.75) is 13.5 Å². The third-order valence-electron chi connectivity index (χ3n) is 3.58. The molecule has 0 saturated carbocycles. The Kier molecular flexibility index (Phi) is 4.83. The fourth-order valence-electron chi connectivity index (χ4n) is 2.23. The van der Waals surface area contributed by atoms with E-state index in [4.69, 9.17) is 23.2 Å². The Hall–Kier alpha value is -2.37. The Morgan fingerprint density at radius 2 is 1.83 bits per heavy atom. The van der Waals surface area contributed by atoms with Crippen molar-refractivity contribution in [1.29, 1.82) is 0 Å². The molecule has 0 fully saturated rings. The predicted octanol–water partition coefficient (Wildman–Crippen LogP) is 4.19. The van der Waals surface area contributed by atoms with Crippen molar-refractivity contribution in [2.75, 3.05) is 5.32 Å². The van der Waals surface area contributed by atoms with E-state index in [2.05, 4.69) is 15.6 Å². The fraction of sp³-hybridized carbons (Fsp3) is 0.118. The van der Waals surface area contributed by atoms with Gasteiger partial charge >= 0.3 is 0 Å². The number of rotatable bonds is 4. The van der Waals surface area contributed by atoms with Crippen LogP contribution in [-0.4, -0.2) is 20.9 Å². The maximum Gasteiger partial charge on any atom is 0.278 e. The second-order valence-electron chi connectivity index (χ2n) is 5.23. The van der Waals surface area contributed by atoms with E-state index in [0.717, 1.165) is 5.56 Å². The first kappa shape index (κ1) is 16.5. The van der Waals surface area contributed by atoms with Crippen LogP contribution in [0, 0.1) is 6.92 Å². The Labute approximate surface area is 149 Å². The summed E-state index contributed by atoms with van der Waals surface area (Å²) in [6.07, 6.45) is 0. The zero-order valence-electron chi connectivity index (χ0n) is 12.8. The van der Waals surface area contributed by atoms with Gasteiger partial charge in [-0.1, -0.05) is 46.6 Å². The van der Waals surface area contributed by atoms with Crippen LogP contribution >= 0.6 is 23.2 Å². The maximum absolute atomic E-state index is 12.4. The molecule has 0 aliphatic carbocycles. The SMILES string of the molecule is Cc1c(C(=O)Nc2ccc(Cl)cc2)nnn1Cc1ccccc1Cl. The van der Waals surface area contributed by atoms with E-state index in [1.807, 2.05) is 24.3 Å². The summed E-state index contributed by atoms with van der Waals surface area (Å²) in [5, 5.41) is 12.1. The minimum absolute atomic E-state index is 0.275. The number of hydrogen-bond donors (Lipinski definition) is 1. The Bertz CT molecular complexity index is 875. The minimum atomic E-state index is -0.319. The number of amides is 1. The molecule has 5 nitrogen and oxygen atoms in total. The first-order valence-electron chi connectivity index (χ1n) is 7.25. The van der Waals surface area contributed by atoms with Gasteiger partial charge in [0.05, 0.1) is 12.2 Å². The summed E-state index contributed by atoms with van der Waals surface area (Å²) < 4.78 is 1.65. The van der Waals surface area contributed by atoms with Gasteiger partial charge in [0.25, 0.3) is 5.91 Å². The predicted molar refractivity (Wildman–Crippen MR) is 94.7 cm³/mol. The molecule has 0 aliphatic rings. The molecular formula is C17H14Cl2N4O. The summed E-state index contributed by atoms with van der Waals surface area (Å²) >= 11 is 12.0. The average molecular weight is 361 g/mol. The second kappa shape index (κ2) is 7.03. The summed E-state index contributed by atoms with van der Waals surface area (Å²) in [6, 6.07) is 14.4. The molecule has 2 aromatic carbocycles. The summed E-state index contributed by atoms with van der Waals surface area (Å²) in [5.41, 5.74) is 2.50. The number of nitrogens with zero attached hydrogens (tertiary/aromatic N) is 3. The van der Waals surface area contributed by atoms with Crippen molar-refractivity contribution in [3.63, 3.8) is 0 Å². The minimum Gasteiger partial charge on any atom is -0.321 e. The summed E-state index contributed by atoms with van der Waals surface area (Å²) in [4.78, 5) is 12.4. The highest BCUT2D eigenvalue weighted by Gasteiger charge is 2.17. The van der Waals surface area contributed by atoms with E-state index in [1.54, 1.807) is 35.9 Å². The average Bonchev–Trinajstić information content (AvgIpc) is 2.93. The zero-order valence-corrected chi connectivity index (χ0v) is 14.3. The molecule has 7 heteroatoms. The van der Waals surface area contributed by atoms with Crippen LogP contribution in [0.15, 0.2) is 48.5 Å². The lowest BCUT2D eigenvalue weighted by molar-refractivity contribution is 0.102. The van der Waals surface area contributed by atoms with Gasteiger partial charge in [0.1, 0.15) is 0 Å². The number of anilines is 1. The molecule has 0 atom stereocenters. The van der Waals surface area contributed by atoms with Gasteiger partial charge in [-0.2, -0.15) is 0 Å². The monoisotopic (exact) mass is 360 g/mol. The Morgan fingerprint density at radius 1 is 1.12 bits per heavy atom. The molecule has 1 heterocycles. The number of nitrogens with one attached hydrogen (secondary N) is 1. The van der Waals surface area contributed by atoms with Crippen LogP contribution in [0.5, 0.6) is 0 Å². The maximum atomic E-state index is 12.4. The molecule has 0 bridgehead atoms. The number of halogens is 2. The number of benzene rings is 2. The third kappa shape index (κ3) is 3.58. The lowest BCUT2D eigenvalue weighted by Gasteiger charge is -2.06. The largest absolute Gasteiger partial charge is 0.321 e. The fourth-order valence-corrected chi connectivity index (χ4v) is 2.55. The highest BCUT2D eigenvalue weighted by molar-refractivity contribution is 6.31. The van der Waals surface area contributed by atoms with Crippen molar-refractivity contribution >= 4 is 34.8 Å². The van der Waals surface area contributed by atoms with Crippen LogP contribution in [0.25, 0.3) is 0 Å². The standard InChI is InChI=1S/C17H14Cl2N4O/c1-11-16(17(24)20-14-8-6-13(18)7-9-14)21-22-23(11)10-12-4-2-3-5-15(12)19/h2-9H,10H2,1H3,(H,20,24). The molecule has 0 spiro atoms. The molecule has 1 aromatic heterocycles. The van der Waals surface area contributed by atoms with Gasteiger partial charge < -0.3 is 5.32 Å². The molecule has 3 rings (SSSR count). The lowest BCUT2D eigenvalue weighted by atomic mass is 10.2. The van der Waals surface area contributed by atoms with Crippen LogP contribution in [0.3, 0.4) is 0 Å². The van der Waals surface area contributed by atoms with Crippen LogP contribution in [0.2, 0.25) is 10.0 Å². The van der Waals surface area contributed by atoms with Crippen LogP contribution in [0.1, 0.15) is 21.7 Å². The molecule has 0 aliphatic heterocycles. The van der Waals surface area contributed by atoms with Gasteiger partial charge in [0, 0.05) is 15.7 Å².